The largest absolute Gasteiger partial charge is 0.294 e. The van der Waals surface area contributed by atoms with Crippen LogP contribution in [0.2, 0.25) is 0 Å². The van der Waals surface area contributed by atoms with Crippen LogP contribution in [0, 0.1) is 5.41 Å². The molecule has 1 heteroatoms. The molecule has 0 N–H and O–H groups in total. The van der Waals surface area contributed by atoms with Gasteiger partial charge in [0.05, 0.1) is 0 Å². The van der Waals surface area contributed by atoms with Crippen molar-refractivity contribution < 1.29 is 4.79 Å². The molecule has 0 fully saturated rings. The highest BCUT2D eigenvalue weighted by Gasteiger charge is 2.19. The van der Waals surface area contributed by atoms with E-state index < -0.39 is 0 Å². The number of rotatable bonds is 4. The van der Waals surface area contributed by atoms with Crippen LogP contribution in [0.3, 0.4) is 0 Å². The van der Waals surface area contributed by atoms with Crippen LogP contribution in [0.5, 0.6) is 0 Å². The normalized spacial score (nSPS) is 11.6. The Morgan fingerprint density at radius 2 is 1.76 bits per heavy atom. The fourth-order valence-electron chi connectivity index (χ4n) is 1.99. The summed E-state index contributed by atoms with van der Waals surface area (Å²) in [6.07, 6.45) is 2.53. The highest BCUT2D eigenvalue weighted by Crippen LogP contribution is 2.24. The van der Waals surface area contributed by atoms with Crippen molar-refractivity contribution in [3.8, 4) is 0 Å². The Balaban J connectivity index is 3.05. The van der Waals surface area contributed by atoms with Crippen LogP contribution < -0.4 is 0 Å². The molecule has 0 radical (unpaired) electrons. The van der Waals surface area contributed by atoms with Gasteiger partial charge in [-0.2, -0.15) is 0 Å². The van der Waals surface area contributed by atoms with Crippen molar-refractivity contribution in [1.82, 2.24) is 0 Å². The van der Waals surface area contributed by atoms with Crippen LogP contribution in [0.25, 0.3) is 0 Å². The van der Waals surface area contributed by atoms with Crippen molar-refractivity contribution in [2.45, 2.75) is 53.9 Å². The van der Waals surface area contributed by atoms with E-state index in [-0.39, 0.29) is 11.2 Å². The second-order valence-corrected chi connectivity index (χ2v) is 5.86. The summed E-state index contributed by atoms with van der Waals surface area (Å²) in [7, 11) is 0. The highest BCUT2D eigenvalue weighted by atomic mass is 16.1. The lowest BCUT2D eigenvalue weighted by atomic mass is 9.86. The number of hydrogen-bond acceptors (Lipinski definition) is 1. The molecule has 0 unspecified atom stereocenters. The molecule has 94 valence electrons. The fraction of sp³-hybridized carbons (Fsp3) is 0.562. The molecule has 17 heavy (non-hydrogen) atoms. The Labute approximate surface area is 105 Å². The van der Waals surface area contributed by atoms with Crippen LogP contribution in [0.1, 0.15) is 62.5 Å². The third-order valence-electron chi connectivity index (χ3n) is 2.95. The van der Waals surface area contributed by atoms with Gasteiger partial charge in [-0.25, -0.2) is 0 Å². The monoisotopic (exact) mass is 232 g/mol. The van der Waals surface area contributed by atoms with Crippen LogP contribution in [0.15, 0.2) is 18.2 Å². The van der Waals surface area contributed by atoms with Crippen molar-refractivity contribution in [2.24, 2.45) is 5.41 Å². The maximum Gasteiger partial charge on any atom is 0.163 e. The van der Waals surface area contributed by atoms with Gasteiger partial charge in [-0.05, 0) is 35.4 Å². The Hall–Kier alpha value is -1.11. The molecule has 0 bridgehead atoms. The number of aryl methyl sites for hydroxylation is 2. The number of ketones is 1. The van der Waals surface area contributed by atoms with Gasteiger partial charge in [-0.3, -0.25) is 4.79 Å². The number of hydrogen-bond donors (Lipinski definition) is 0. The number of carbonyl (C=O) groups excluding carboxylic acids is 1. The van der Waals surface area contributed by atoms with Crippen molar-refractivity contribution in [3.05, 3.63) is 34.9 Å². The van der Waals surface area contributed by atoms with E-state index in [4.69, 9.17) is 0 Å². The van der Waals surface area contributed by atoms with Crippen LogP contribution in [0.4, 0.5) is 0 Å². The van der Waals surface area contributed by atoms with Crippen molar-refractivity contribution >= 4 is 5.78 Å². The minimum Gasteiger partial charge on any atom is -0.294 e. The van der Waals surface area contributed by atoms with Gasteiger partial charge >= 0.3 is 0 Å². The van der Waals surface area contributed by atoms with E-state index in [0.29, 0.717) is 6.42 Å². The summed E-state index contributed by atoms with van der Waals surface area (Å²) in [6.45, 7) is 10.6. The molecule has 0 heterocycles. The predicted octanol–water partition coefficient (Wildman–Crippen LogP) is 4.43. The van der Waals surface area contributed by atoms with Gasteiger partial charge < -0.3 is 0 Å². The van der Waals surface area contributed by atoms with E-state index in [1.54, 1.807) is 0 Å². The molecule has 0 atom stereocenters. The first-order valence-corrected chi connectivity index (χ1v) is 6.52. The summed E-state index contributed by atoms with van der Waals surface area (Å²) < 4.78 is 0. The third kappa shape index (κ3) is 3.99. The van der Waals surface area contributed by atoms with Crippen LogP contribution in [-0.2, 0) is 12.8 Å². The zero-order valence-electron chi connectivity index (χ0n) is 11.8. The molecular formula is C16H24O. The molecule has 0 saturated heterocycles. The van der Waals surface area contributed by atoms with Gasteiger partial charge in [0, 0.05) is 12.0 Å². The SMILES string of the molecule is CCc1ccc(CC)c(C(=O)CC(C)(C)C)c1. The average Bonchev–Trinajstić information content (AvgIpc) is 2.25. The Morgan fingerprint density at radius 3 is 2.24 bits per heavy atom. The van der Waals surface area contributed by atoms with Crippen molar-refractivity contribution in [3.63, 3.8) is 0 Å². The smallest absolute Gasteiger partial charge is 0.163 e. The number of benzene rings is 1. The number of carbonyl (C=O) groups is 1. The summed E-state index contributed by atoms with van der Waals surface area (Å²) in [5.41, 5.74) is 3.42. The van der Waals surface area contributed by atoms with E-state index >= 15 is 0 Å². The lowest BCUT2D eigenvalue weighted by molar-refractivity contribution is 0.0939. The fourth-order valence-corrected chi connectivity index (χ4v) is 1.99. The average molecular weight is 232 g/mol. The zero-order chi connectivity index (χ0) is 13.1. The van der Waals surface area contributed by atoms with Crippen LogP contribution >= 0.6 is 0 Å². The number of Topliss-reactive ketones (excluding diaryl/α,β-unsaturated/α-hetero) is 1. The second-order valence-electron chi connectivity index (χ2n) is 5.86. The van der Waals surface area contributed by atoms with Crippen molar-refractivity contribution in [1.29, 1.82) is 0 Å². The molecule has 0 aliphatic heterocycles. The molecule has 0 aromatic heterocycles. The molecule has 1 aromatic rings. The van der Waals surface area contributed by atoms with Gasteiger partial charge in [0.15, 0.2) is 5.78 Å². The Kier molecular flexibility index (Phi) is 4.50. The maximum atomic E-state index is 12.3. The zero-order valence-corrected chi connectivity index (χ0v) is 11.8. The lowest BCUT2D eigenvalue weighted by Gasteiger charge is -2.18. The van der Waals surface area contributed by atoms with Crippen molar-refractivity contribution in [2.75, 3.05) is 0 Å². The predicted molar refractivity (Wildman–Crippen MR) is 73.6 cm³/mol. The molecular weight excluding hydrogens is 208 g/mol. The Bertz CT molecular complexity index is 396. The summed E-state index contributed by atoms with van der Waals surface area (Å²) in [4.78, 5) is 12.3. The first-order chi connectivity index (χ1) is 7.87. The van der Waals surface area contributed by atoms with Crippen LogP contribution in [-0.4, -0.2) is 5.78 Å². The van der Waals surface area contributed by atoms with Gasteiger partial charge in [0.25, 0.3) is 0 Å². The molecule has 0 aliphatic carbocycles. The van der Waals surface area contributed by atoms with Gasteiger partial charge in [0.2, 0.25) is 0 Å². The standard InChI is InChI=1S/C16H24O/c1-6-12-8-9-13(7-2)14(10-12)15(17)11-16(3,4)5/h8-10H,6-7,11H2,1-5H3. The quantitative estimate of drug-likeness (QED) is 0.702. The summed E-state index contributed by atoms with van der Waals surface area (Å²) in [6, 6.07) is 6.31. The summed E-state index contributed by atoms with van der Waals surface area (Å²) >= 11 is 0. The first-order valence-electron chi connectivity index (χ1n) is 6.52. The summed E-state index contributed by atoms with van der Waals surface area (Å²) in [5.74, 6) is 0.282. The van der Waals surface area contributed by atoms with Gasteiger partial charge in [-0.1, -0.05) is 46.8 Å². The molecule has 1 rings (SSSR count). The minimum absolute atomic E-state index is 0.0598. The second kappa shape index (κ2) is 5.48. The molecule has 1 aromatic carbocycles. The molecule has 1 nitrogen and oxygen atoms in total. The van der Waals surface area contributed by atoms with E-state index in [0.717, 1.165) is 18.4 Å². The molecule has 0 aliphatic rings. The summed E-state index contributed by atoms with van der Waals surface area (Å²) in [5, 5.41) is 0. The molecule has 0 amide bonds. The minimum atomic E-state index is 0.0598. The topological polar surface area (TPSA) is 17.1 Å². The lowest BCUT2D eigenvalue weighted by Crippen LogP contribution is -2.14. The van der Waals surface area contributed by atoms with Gasteiger partial charge in [0.1, 0.15) is 0 Å². The van der Waals surface area contributed by atoms with E-state index in [1.165, 1.54) is 11.1 Å². The maximum absolute atomic E-state index is 12.3. The van der Waals surface area contributed by atoms with Gasteiger partial charge in [-0.15, -0.1) is 0 Å². The molecule has 0 saturated carbocycles. The highest BCUT2D eigenvalue weighted by molar-refractivity contribution is 5.98. The first kappa shape index (κ1) is 14.0. The Morgan fingerprint density at radius 1 is 1.12 bits per heavy atom. The van der Waals surface area contributed by atoms with E-state index in [9.17, 15) is 4.79 Å². The third-order valence-corrected chi connectivity index (χ3v) is 2.95. The van der Waals surface area contributed by atoms with E-state index in [2.05, 4.69) is 52.8 Å². The van der Waals surface area contributed by atoms with E-state index in [1.807, 2.05) is 0 Å². The molecule has 0 spiro atoms.